The second-order valence-corrected chi connectivity index (χ2v) is 9.41. The number of pyridine rings is 1. The molecule has 2 aromatic heterocycles. The van der Waals surface area contributed by atoms with Gasteiger partial charge in [0.1, 0.15) is 23.6 Å². The first kappa shape index (κ1) is 25.4. The van der Waals surface area contributed by atoms with Gasteiger partial charge in [0.15, 0.2) is 11.6 Å². The van der Waals surface area contributed by atoms with Crippen LogP contribution in [0.2, 0.25) is 0 Å². The molecule has 2 heterocycles. The number of aromatic amines is 1. The van der Waals surface area contributed by atoms with Crippen LogP contribution in [-0.2, 0) is 9.59 Å². The van der Waals surface area contributed by atoms with Crippen molar-refractivity contribution in [3.05, 3.63) is 78.6 Å². The summed E-state index contributed by atoms with van der Waals surface area (Å²) in [4.78, 5) is 34.9. The van der Waals surface area contributed by atoms with E-state index >= 15 is 0 Å². The Kier molecular flexibility index (Phi) is 7.62. The van der Waals surface area contributed by atoms with E-state index in [1.165, 1.54) is 24.3 Å². The van der Waals surface area contributed by atoms with Crippen LogP contribution in [0, 0.1) is 11.6 Å². The number of nitrogens with zero attached hydrogens (tertiary/aromatic N) is 2. The summed E-state index contributed by atoms with van der Waals surface area (Å²) < 4.78 is 34.1. The van der Waals surface area contributed by atoms with Gasteiger partial charge in [-0.3, -0.25) is 9.59 Å². The fraction of sp³-hybridized carbons (Fsp3) is 0.276. The van der Waals surface area contributed by atoms with Gasteiger partial charge in [-0.15, -0.1) is 0 Å². The number of halogens is 2. The molecule has 2 amide bonds. The Morgan fingerprint density at radius 1 is 0.974 bits per heavy atom. The average Bonchev–Trinajstić information content (AvgIpc) is 3.23. The second-order valence-electron chi connectivity index (χ2n) is 9.41. The molecule has 38 heavy (non-hydrogen) atoms. The summed E-state index contributed by atoms with van der Waals surface area (Å²) in [7, 11) is 0. The predicted octanol–water partition coefficient (Wildman–Crippen LogP) is 6.72. The second kappa shape index (κ2) is 11.4. The van der Waals surface area contributed by atoms with Crippen molar-refractivity contribution in [1.82, 2.24) is 9.97 Å². The molecule has 0 unspecified atom stereocenters. The minimum absolute atomic E-state index is 0.0105. The number of carbonyl (C=O) groups is 2. The molecule has 0 aliphatic heterocycles. The van der Waals surface area contributed by atoms with E-state index in [2.05, 4.69) is 15.3 Å². The third-order valence-electron chi connectivity index (χ3n) is 6.73. The summed E-state index contributed by atoms with van der Waals surface area (Å²) in [6.45, 7) is 0. The molecule has 1 fully saturated rings. The smallest absolute Gasteiger partial charge is 0.236 e. The fourth-order valence-corrected chi connectivity index (χ4v) is 4.91. The molecule has 0 bridgehead atoms. The zero-order valence-electron chi connectivity index (χ0n) is 20.8. The molecule has 5 rings (SSSR count). The number of ether oxygens (including phenoxy) is 1. The van der Waals surface area contributed by atoms with Gasteiger partial charge in [-0.05, 0) is 61.4 Å². The van der Waals surface area contributed by atoms with Crippen LogP contribution in [0.5, 0.6) is 11.5 Å². The number of nitrogens with one attached hydrogen (secondary N) is 2. The van der Waals surface area contributed by atoms with E-state index in [0.29, 0.717) is 22.5 Å². The largest absolute Gasteiger partial charge is 0.453 e. The maximum absolute atomic E-state index is 14.8. The number of aromatic nitrogens is 2. The monoisotopic (exact) mass is 518 g/mol. The highest BCUT2D eigenvalue weighted by molar-refractivity contribution is 6.09. The van der Waals surface area contributed by atoms with Gasteiger partial charge >= 0.3 is 0 Å². The number of amides is 2. The molecule has 196 valence electrons. The zero-order valence-corrected chi connectivity index (χ0v) is 20.8. The fourth-order valence-electron chi connectivity index (χ4n) is 4.91. The average molecular weight is 519 g/mol. The van der Waals surface area contributed by atoms with Gasteiger partial charge < -0.3 is 19.9 Å². The summed E-state index contributed by atoms with van der Waals surface area (Å²) >= 11 is 0. The molecule has 2 aromatic carbocycles. The Balaban J connectivity index is 1.27. The number of rotatable bonds is 7. The van der Waals surface area contributed by atoms with Crippen LogP contribution >= 0.6 is 0 Å². The van der Waals surface area contributed by atoms with Crippen LogP contribution in [0.25, 0.3) is 11.0 Å². The number of H-pyrrole nitrogens is 1. The summed E-state index contributed by atoms with van der Waals surface area (Å²) in [6.07, 6.45) is 8.69. The van der Waals surface area contributed by atoms with Gasteiger partial charge in [-0.2, -0.15) is 0 Å². The SMILES string of the molecule is O=C(CC(=O)N(c1ccc(F)cc1)C1CCCCCC1)Nc1ccc(Oc2ccnc3[nH]ccc23)c(F)c1. The van der Waals surface area contributed by atoms with Crippen LogP contribution < -0.4 is 15.0 Å². The Hall–Kier alpha value is -4.27. The van der Waals surface area contributed by atoms with E-state index < -0.39 is 24.0 Å². The van der Waals surface area contributed by atoms with E-state index in [0.717, 1.165) is 44.6 Å². The van der Waals surface area contributed by atoms with E-state index in [1.807, 2.05) is 0 Å². The van der Waals surface area contributed by atoms with Crippen LogP contribution in [-0.4, -0.2) is 27.8 Å². The van der Waals surface area contributed by atoms with Gasteiger partial charge in [0, 0.05) is 35.9 Å². The molecule has 7 nitrogen and oxygen atoms in total. The molecule has 4 aromatic rings. The molecule has 9 heteroatoms. The Morgan fingerprint density at radius 3 is 2.47 bits per heavy atom. The summed E-state index contributed by atoms with van der Waals surface area (Å²) in [5.41, 5.74) is 1.39. The van der Waals surface area contributed by atoms with Gasteiger partial charge in [-0.1, -0.05) is 25.7 Å². The number of anilines is 2. The first-order chi connectivity index (χ1) is 18.5. The lowest BCUT2D eigenvalue weighted by atomic mass is 10.0. The maximum Gasteiger partial charge on any atom is 0.236 e. The molecule has 1 saturated carbocycles. The molecule has 1 aliphatic carbocycles. The van der Waals surface area contributed by atoms with E-state index in [9.17, 15) is 18.4 Å². The number of hydrogen-bond acceptors (Lipinski definition) is 4. The van der Waals surface area contributed by atoms with Crippen molar-refractivity contribution in [1.29, 1.82) is 0 Å². The van der Waals surface area contributed by atoms with Crippen LogP contribution in [0.1, 0.15) is 44.9 Å². The van der Waals surface area contributed by atoms with Gasteiger partial charge in [0.2, 0.25) is 11.8 Å². The number of fused-ring (bicyclic) bond motifs is 1. The van der Waals surface area contributed by atoms with Crippen molar-refractivity contribution in [3.8, 4) is 11.5 Å². The third-order valence-corrected chi connectivity index (χ3v) is 6.73. The summed E-state index contributed by atoms with van der Waals surface area (Å²) in [5, 5.41) is 3.31. The van der Waals surface area contributed by atoms with Crippen LogP contribution in [0.3, 0.4) is 0 Å². The van der Waals surface area contributed by atoms with E-state index in [-0.39, 0.29) is 23.4 Å². The lowest BCUT2D eigenvalue weighted by Crippen LogP contribution is -2.41. The van der Waals surface area contributed by atoms with Crippen LogP contribution in [0.15, 0.2) is 67.0 Å². The van der Waals surface area contributed by atoms with Crippen molar-refractivity contribution in [2.75, 3.05) is 10.2 Å². The maximum atomic E-state index is 14.8. The molecular formula is C29H28F2N4O3. The van der Waals surface area contributed by atoms with Crippen LogP contribution in [0.4, 0.5) is 20.2 Å². The lowest BCUT2D eigenvalue weighted by Gasteiger charge is -2.31. The Labute approximate surface area is 218 Å². The van der Waals surface area contributed by atoms with Crippen molar-refractivity contribution in [3.63, 3.8) is 0 Å². The molecule has 0 saturated heterocycles. The minimum atomic E-state index is -0.666. The standard InChI is InChI=1S/C29H28F2N4O3/c30-19-7-10-22(11-8-19)35(21-5-3-1-2-4-6-21)28(37)18-27(36)34-20-9-12-26(24(31)17-20)38-25-14-16-33-29-23(25)13-15-32-29/h7-17,21H,1-6,18H2,(H,32,33)(H,34,36). The third kappa shape index (κ3) is 5.82. The first-order valence-corrected chi connectivity index (χ1v) is 12.7. The summed E-state index contributed by atoms with van der Waals surface area (Å²) in [5.74, 6) is -1.57. The van der Waals surface area contributed by atoms with Gasteiger partial charge in [-0.25, -0.2) is 13.8 Å². The molecule has 0 atom stereocenters. The molecule has 0 radical (unpaired) electrons. The molecule has 1 aliphatic rings. The topological polar surface area (TPSA) is 87.3 Å². The van der Waals surface area contributed by atoms with Crippen molar-refractivity contribution in [2.24, 2.45) is 0 Å². The molecule has 2 N–H and O–H groups in total. The normalized spacial score (nSPS) is 14.2. The highest BCUT2D eigenvalue weighted by Crippen LogP contribution is 2.31. The number of hydrogen-bond donors (Lipinski definition) is 2. The number of benzene rings is 2. The zero-order chi connectivity index (χ0) is 26.5. The van der Waals surface area contributed by atoms with Crippen molar-refractivity contribution >= 4 is 34.2 Å². The molecular weight excluding hydrogens is 490 g/mol. The predicted molar refractivity (Wildman–Crippen MR) is 141 cm³/mol. The first-order valence-electron chi connectivity index (χ1n) is 12.7. The number of carbonyl (C=O) groups excluding carboxylic acids is 2. The minimum Gasteiger partial charge on any atom is -0.453 e. The van der Waals surface area contributed by atoms with Crippen molar-refractivity contribution in [2.45, 2.75) is 51.0 Å². The van der Waals surface area contributed by atoms with E-state index in [1.54, 1.807) is 41.6 Å². The summed E-state index contributed by atoms with van der Waals surface area (Å²) in [6, 6.07) is 13.2. The highest BCUT2D eigenvalue weighted by Gasteiger charge is 2.27. The van der Waals surface area contributed by atoms with Gasteiger partial charge in [0.05, 0.1) is 5.39 Å². The van der Waals surface area contributed by atoms with E-state index in [4.69, 9.17) is 4.74 Å². The Bertz CT molecular complexity index is 1430. The quantitative estimate of drug-likeness (QED) is 0.210. The highest BCUT2D eigenvalue weighted by atomic mass is 19.1. The Morgan fingerprint density at radius 2 is 1.74 bits per heavy atom. The van der Waals surface area contributed by atoms with Crippen molar-refractivity contribution < 1.29 is 23.1 Å². The van der Waals surface area contributed by atoms with Gasteiger partial charge in [0.25, 0.3) is 0 Å². The molecule has 0 spiro atoms. The lowest BCUT2D eigenvalue weighted by molar-refractivity contribution is -0.125.